The third-order valence-electron chi connectivity index (χ3n) is 3.32. The van der Waals surface area contributed by atoms with Crippen molar-refractivity contribution in [2.75, 3.05) is 0 Å². The van der Waals surface area contributed by atoms with Crippen molar-refractivity contribution in [3.8, 4) is 0 Å². The Kier molecular flexibility index (Phi) is 5.33. The fourth-order valence-corrected chi connectivity index (χ4v) is 2.75. The van der Waals surface area contributed by atoms with E-state index in [1.807, 2.05) is 24.3 Å². The second-order valence-electron chi connectivity index (χ2n) is 4.99. The Labute approximate surface area is 155 Å². The summed E-state index contributed by atoms with van der Waals surface area (Å²) in [5.41, 5.74) is 0.706. The van der Waals surface area contributed by atoms with Crippen molar-refractivity contribution in [2.24, 2.45) is 0 Å². The van der Waals surface area contributed by atoms with Gasteiger partial charge in [0, 0.05) is 11.4 Å². The second kappa shape index (κ2) is 7.46. The zero-order valence-electron chi connectivity index (χ0n) is 12.2. The van der Waals surface area contributed by atoms with Crippen LogP contribution in [0.5, 0.6) is 0 Å². The molecular formula is C15H11BrCl2N4O2. The summed E-state index contributed by atoms with van der Waals surface area (Å²) < 4.78 is 7.05. The van der Waals surface area contributed by atoms with Crippen LogP contribution in [0, 0.1) is 0 Å². The van der Waals surface area contributed by atoms with Crippen LogP contribution in [0.3, 0.4) is 0 Å². The van der Waals surface area contributed by atoms with Crippen LogP contribution >= 0.6 is 39.1 Å². The molecule has 2 aromatic heterocycles. The molecule has 124 valence electrons. The fraction of sp³-hybridized carbons (Fsp3) is 0.200. The first-order chi connectivity index (χ1) is 11.5. The van der Waals surface area contributed by atoms with E-state index in [4.69, 9.17) is 27.7 Å². The van der Waals surface area contributed by atoms with Crippen LogP contribution in [0.25, 0.3) is 0 Å². The van der Waals surface area contributed by atoms with Crippen LogP contribution < -0.4 is 5.56 Å². The molecule has 3 aromatic rings. The van der Waals surface area contributed by atoms with Crippen molar-refractivity contribution in [1.29, 1.82) is 0 Å². The molecule has 0 aliphatic carbocycles. The Morgan fingerprint density at radius 1 is 1.17 bits per heavy atom. The third kappa shape index (κ3) is 4.03. The first kappa shape index (κ1) is 17.1. The standard InChI is InChI=1S/C15H11BrCl2N4O2/c16-11-7-19-14(18)15(23)22(11)8-13-20-12(21-24-13)6-3-9-1-4-10(17)5-2-9/h1-2,4-5,7H,3,6,8H2. The van der Waals surface area contributed by atoms with Gasteiger partial charge in [-0.05, 0) is 40.0 Å². The van der Waals surface area contributed by atoms with Gasteiger partial charge in [0.2, 0.25) is 5.89 Å². The molecule has 0 atom stereocenters. The van der Waals surface area contributed by atoms with Gasteiger partial charge >= 0.3 is 0 Å². The Hall–Kier alpha value is -1.70. The van der Waals surface area contributed by atoms with Gasteiger partial charge in [0.05, 0.1) is 6.20 Å². The normalized spacial score (nSPS) is 11.0. The van der Waals surface area contributed by atoms with Crippen LogP contribution in [0.1, 0.15) is 17.3 Å². The molecule has 9 heteroatoms. The van der Waals surface area contributed by atoms with E-state index in [2.05, 4.69) is 31.1 Å². The van der Waals surface area contributed by atoms with Crippen LogP contribution in [0.4, 0.5) is 0 Å². The molecule has 0 spiro atoms. The lowest BCUT2D eigenvalue weighted by atomic mass is 10.1. The largest absolute Gasteiger partial charge is 0.337 e. The second-order valence-corrected chi connectivity index (χ2v) is 6.60. The van der Waals surface area contributed by atoms with Crippen LogP contribution in [-0.2, 0) is 19.4 Å². The van der Waals surface area contributed by atoms with Crippen molar-refractivity contribution >= 4 is 39.1 Å². The Bertz CT molecular complexity index is 909. The molecule has 1 aromatic carbocycles. The third-order valence-corrected chi connectivity index (χ3v) is 4.46. The maximum atomic E-state index is 12.0. The van der Waals surface area contributed by atoms with E-state index in [1.54, 1.807) is 0 Å². The lowest BCUT2D eigenvalue weighted by molar-refractivity contribution is 0.363. The van der Waals surface area contributed by atoms with Gasteiger partial charge in [0.25, 0.3) is 5.56 Å². The summed E-state index contributed by atoms with van der Waals surface area (Å²) in [6.45, 7) is 0.121. The van der Waals surface area contributed by atoms with Gasteiger partial charge in [-0.3, -0.25) is 9.36 Å². The fourth-order valence-electron chi connectivity index (χ4n) is 2.09. The minimum Gasteiger partial charge on any atom is -0.337 e. The molecule has 0 saturated heterocycles. The van der Waals surface area contributed by atoms with E-state index in [0.29, 0.717) is 27.8 Å². The number of hydrogen-bond donors (Lipinski definition) is 0. The minimum atomic E-state index is -0.424. The molecule has 24 heavy (non-hydrogen) atoms. The molecule has 0 aliphatic rings. The van der Waals surface area contributed by atoms with Crippen molar-refractivity contribution in [3.63, 3.8) is 0 Å². The average Bonchev–Trinajstić information content (AvgIpc) is 3.02. The average molecular weight is 430 g/mol. The number of nitrogens with zero attached hydrogens (tertiary/aromatic N) is 4. The van der Waals surface area contributed by atoms with Crippen molar-refractivity contribution in [2.45, 2.75) is 19.4 Å². The Balaban J connectivity index is 1.69. The SMILES string of the molecule is O=c1c(Cl)ncc(Br)n1Cc1nc(CCc2ccc(Cl)cc2)no1. The van der Waals surface area contributed by atoms with E-state index in [0.717, 1.165) is 12.0 Å². The smallest absolute Gasteiger partial charge is 0.289 e. The van der Waals surface area contributed by atoms with Gasteiger partial charge in [0.1, 0.15) is 11.1 Å². The first-order valence-electron chi connectivity index (χ1n) is 6.99. The van der Waals surface area contributed by atoms with Gasteiger partial charge in [-0.2, -0.15) is 4.98 Å². The van der Waals surface area contributed by atoms with Crippen LogP contribution in [-0.4, -0.2) is 19.7 Å². The zero-order chi connectivity index (χ0) is 17.1. The number of halogens is 3. The molecule has 6 nitrogen and oxygen atoms in total. The van der Waals surface area contributed by atoms with E-state index < -0.39 is 5.56 Å². The molecule has 0 fully saturated rings. The zero-order valence-corrected chi connectivity index (χ0v) is 15.3. The highest BCUT2D eigenvalue weighted by Crippen LogP contribution is 2.13. The number of benzene rings is 1. The maximum Gasteiger partial charge on any atom is 0.289 e. The summed E-state index contributed by atoms with van der Waals surface area (Å²) in [4.78, 5) is 20.0. The number of aryl methyl sites for hydroxylation is 2. The highest BCUT2D eigenvalue weighted by atomic mass is 79.9. The number of aromatic nitrogens is 4. The summed E-state index contributed by atoms with van der Waals surface area (Å²) in [7, 11) is 0. The van der Waals surface area contributed by atoms with Gasteiger partial charge in [0.15, 0.2) is 11.0 Å². The highest BCUT2D eigenvalue weighted by Gasteiger charge is 2.12. The first-order valence-corrected chi connectivity index (χ1v) is 8.54. The molecular weight excluding hydrogens is 419 g/mol. The monoisotopic (exact) mass is 428 g/mol. The van der Waals surface area contributed by atoms with Crippen LogP contribution in [0.2, 0.25) is 10.2 Å². The number of rotatable bonds is 5. The summed E-state index contributed by atoms with van der Waals surface area (Å²) in [6.07, 6.45) is 2.83. The minimum absolute atomic E-state index is 0.110. The van der Waals surface area contributed by atoms with Gasteiger partial charge in [-0.25, -0.2) is 4.98 Å². The molecule has 0 unspecified atom stereocenters. The predicted octanol–water partition coefficient (Wildman–Crippen LogP) is 3.53. The van der Waals surface area contributed by atoms with Gasteiger partial charge in [-0.1, -0.05) is 40.5 Å². The molecule has 0 saturated carbocycles. The number of hydrogen-bond acceptors (Lipinski definition) is 5. The summed E-state index contributed by atoms with van der Waals surface area (Å²) in [5, 5.41) is 4.53. The van der Waals surface area contributed by atoms with E-state index in [-0.39, 0.29) is 11.7 Å². The molecule has 0 radical (unpaired) electrons. The Morgan fingerprint density at radius 3 is 2.67 bits per heavy atom. The van der Waals surface area contributed by atoms with E-state index >= 15 is 0 Å². The lowest BCUT2D eigenvalue weighted by Gasteiger charge is -2.04. The maximum absolute atomic E-state index is 12.0. The predicted molar refractivity (Wildman–Crippen MR) is 93.5 cm³/mol. The topological polar surface area (TPSA) is 73.8 Å². The Morgan fingerprint density at radius 2 is 1.92 bits per heavy atom. The molecule has 3 rings (SSSR count). The molecule has 0 bridgehead atoms. The lowest BCUT2D eigenvalue weighted by Crippen LogP contribution is -2.23. The van der Waals surface area contributed by atoms with Crippen molar-refractivity contribution in [3.05, 3.63) is 72.9 Å². The van der Waals surface area contributed by atoms with E-state index in [1.165, 1.54) is 10.8 Å². The molecule has 0 amide bonds. The highest BCUT2D eigenvalue weighted by molar-refractivity contribution is 9.10. The molecule has 0 aliphatic heterocycles. The van der Waals surface area contributed by atoms with Crippen molar-refractivity contribution < 1.29 is 4.52 Å². The van der Waals surface area contributed by atoms with Gasteiger partial charge in [-0.15, -0.1) is 0 Å². The van der Waals surface area contributed by atoms with E-state index in [9.17, 15) is 4.79 Å². The quantitative estimate of drug-likeness (QED) is 0.620. The van der Waals surface area contributed by atoms with Crippen LogP contribution in [0.15, 0.2) is 44.4 Å². The molecule has 2 heterocycles. The molecule has 0 N–H and O–H groups in total. The van der Waals surface area contributed by atoms with Crippen molar-refractivity contribution in [1.82, 2.24) is 19.7 Å². The summed E-state index contributed by atoms with van der Waals surface area (Å²) in [5.74, 6) is 0.899. The summed E-state index contributed by atoms with van der Waals surface area (Å²) in [6, 6.07) is 7.60. The summed E-state index contributed by atoms with van der Waals surface area (Å²) >= 11 is 14.9. The van der Waals surface area contributed by atoms with Gasteiger partial charge < -0.3 is 4.52 Å².